The number of aromatic nitrogens is 1. The number of nitrogens with zero attached hydrogens (tertiary/aromatic N) is 3. The molecule has 4 nitrogen and oxygen atoms in total. The van der Waals surface area contributed by atoms with Crippen LogP contribution in [0.5, 0.6) is 0 Å². The minimum Gasteiger partial charge on any atom is -0.339 e. The molecule has 0 N–H and O–H groups in total. The average Bonchev–Trinajstić information content (AvgIpc) is 2.88. The van der Waals surface area contributed by atoms with Crippen molar-refractivity contribution in [3.8, 4) is 0 Å². The molecular formula is C19H25N3OS. The fourth-order valence-electron chi connectivity index (χ4n) is 4.04. The van der Waals surface area contributed by atoms with Gasteiger partial charge in [-0.1, -0.05) is 11.6 Å². The lowest BCUT2D eigenvalue weighted by Crippen LogP contribution is -2.40. The van der Waals surface area contributed by atoms with Crippen LogP contribution in [-0.2, 0) is 17.8 Å². The highest BCUT2D eigenvalue weighted by Gasteiger charge is 2.30. The Kier molecular flexibility index (Phi) is 4.09. The number of hydrogen-bond acceptors (Lipinski definition) is 3. The van der Waals surface area contributed by atoms with E-state index in [1.807, 2.05) is 16.7 Å². The first-order valence-corrected chi connectivity index (χ1v) is 9.77. The van der Waals surface area contributed by atoms with Crippen LogP contribution in [-0.4, -0.2) is 52.7 Å². The molecule has 24 heavy (non-hydrogen) atoms. The first kappa shape index (κ1) is 16.0. The maximum Gasteiger partial charge on any atom is 0.219 e. The van der Waals surface area contributed by atoms with Crippen molar-refractivity contribution in [2.45, 2.75) is 32.2 Å². The Morgan fingerprint density at radius 3 is 2.92 bits per heavy atom. The summed E-state index contributed by atoms with van der Waals surface area (Å²) in [5.41, 5.74) is 5.63. The quantitative estimate of drug-likeness (QED) is 0.797. The molecule has 1 aromatic heterocycles. The summed E-state index contributed by atoms with van der Waals surface area (Å²) in [4.78, 5) is 16.3. The molecule has 3 heterocycles. The Bertz CT molecular complexity index is 797. The molecule has 0 radical (unpaired) electrons. The van der Waals surface area contributed by atoms with E-state index in [0.717, 1.165) is 38.4 Å². The van der Waals surface area contributed by atoms with Crippen molar-refractivity contribution in [1.29, 1.82) is 0 Å². The van der Waals surface area contributed by atoms with E-state index < -0.39 is 0 Å². The summed E-state index contributed by atoms with van der Waals surface area (Å²) >= 11 is 1.99. The fourth-order valence-corrected chi connectivity index (χ4v) is 5.32. The fraction of sp³-hybridized carbons (Fsp3) is 0.526. The van der Waals surface area contributed by atoms with E-state index in [-0.39, 0.29) is 5.91 Å². The van der Waals surface area contributed by atoms with Crippen LogP contribution in [0.3, 0.4) is 0 Å². The van der Waals surface area contributed by atoms with Gasteiger partial charge in [0.05, 0.1) is 11.9 Å². The summed E-state index contributed by atoms with van der Waals surface area (Å²) in [6.07, 6.45) is 1.09. The van der Waals surface area contributed by atoms with Crippen LogP contribution in [0.15, 0.2) is 18.2 Å². The van der Waals surface area contributed by atoms with Gasteiger partial charge < -0.3 is 14.4 Å². The number of carbonyl (C=O) groups excluding carboxylic acids is 1. The summed E-state index contributed by atoms with van der Waals surface area (Å²) in [7, 11) is 2.20. The van der Waals surface area contributed by atoms with Gasteiger partial charge in [0.1, 0.15) is 0 Å². The lowest BCUT2D eigenvalue weighted by Gasteiger charge is -2.35. The minimum absolute atomic E-state index is 0.196. The minimum atomic E-state index is 0.196. The molecule has 1 aromatic carbocycles. The van der Waals surface area contributed by atoms with Crippen molar-refractivity contribution in [1.82, 2.24) is 14.4 Å². The lowest BCUT2D eigenvalue weighted by molar-refractivity contribution is -0.128. The molecule has 1 saturated heterocycles. The van der Waals surface area contributed by atoms with Gasteiger partial charge in [-0.3, -0.25) is 4.79 Å². The van der Waals surface area contributed by atoms with Gasteiger partial charge >= 0.3 is 0 Å². The zero-order chi connectivity index (χ0) is 16.8. The van der Waals surface area contributed by atoms with E-state index in [2.05, 4.69) is 41.6 Å². The van der Waals surface area contributed by atoms with Crippen molar-refractivity contribution in [2.24, 2.45) is 0 Å². The molecule has 128 valence electrons. The van der Waals surface area contributed by atoms with E-state index in [9.17, 15) is 4.79 Å². The van der Waals surface area contributed by atoms with E-state index in [0.29, 0.717) is 5.37 Å². The standard InChI is InChI=1S/C19H25N3OS/c1-13-4-5-17-15(10-13)16-11-20(3)7-6-18(16)22(17)19-12-21(14(2)23)8-9-24-19/h4-5,10,19H,6-9,11-12H2,1-3H3. The van der Waals surface area contributed by atoms with Crippen molar-refractivity contribution >= 4 is 28.6 Å². The highest BCUT2D eigenvalue weighted by atomic mass is 32.2. The molecule has 1 unspecified atom stereocenters. The Hall–Kier alpha value is -1.46. The van der Waals surface area contributed by atoms with E-state index >= 15 is 0 Å². The monoisotopic (exact) mass is 343 g/mol. The van der Waals surface area contributed by atoms with Crippen LogP contribution >= 0.6 is 11.8 Å². The first-order chi connectivity index (χ1) is 11.5. The second kappa shape index (κ2) is 6.12. The Balaban J connectivity index is 1.84. The summed E-state index contributed by atoms with van der Waals surface area (Å²) < 4.78 is 2.54. The van der Waals surface area contributed by atoms with Crippen molar-refractivity contribution in [3.63, 3.8) is 0 Å². The second-order valence-corrected chi connectivity index (χ2v) is 8.38. The van der Waals surface area contributed by atoms with Gasteiger partial charge in [0.15, 0.2) is 0 Å². The van der Waals surface area contributed by atoms with Crippen LogP contribution in [0, 0.1) is 6.92 Å². The summed E-state index contributed by atoms with van der Waals surface area (Å²) in [6, 6.07) is 6.82. The van der Waals surface area contributed by atoms with Gasteiger partial charge in [-0.2, -0.15) is 0 Å². The number of rotatable bonds is 1. The number of hydrogen-bond donors (Lipinski definition) is 0. The molecule has 0 spiro atoms. The third-order valence-corrected chi connectivity index (χ3v) is 6.48. The molecule has 0 saturated carbocycles. The molecule has 4 rings (SSSR count). The predicted octanol–water partition coefficient (Wildman–Crippen LogP) is 3.03. The second-order valence-electron chi connectivity index (χ2n) is 7.09. The summed E-state index contributed by atoms with van der Waals surface area (Å²) in [5.74, 6) is 1.21. The SMILES string of the molecule is CC(=O)N1CCSC(n2c3c(c4cc(C)ccc42)CN(C)CC3)C1. The first-order valence-electron chi connectivity index (χ1n) is 8.72. The largest absolute Gasteiger partial charge is 0.339 e. The molecule has 0 bridgehead atoms. The third-order valence-electron chi connectivity index (χ3n) is 5.32. The Labute approximate surface area is 147 Å². The van der Waals surface area contributed by atoms with Gasteiger partial charge in [0.25, 0.3) is 0 Å². The molecule has 2 aliphatic heterocycles. The number of carbonyl (C=O) groups is 1. The molecular weight excluding hydrogens is 318 g/mol. The van der Waals surface area contributed by atoms with Crippen LogP contribution in [0.2, 0.25) is 0 Å². The van der Waals surface area contributed by atoms with E-state index in [1.165, 1.54) is 27.7 Å². The van der Waals surface area contributed by atoms with Gasteiger partial charge in [-0.15, -0.1) is 11.8 Å². The van der Waals surface area contributed by atoms with Crippen LogP contribution < -0.4 is 0 Å². The van der Waals surface area contributed by atoms with Crippen molar-refractivity contribution in [2.75, 3.05) is 32.4 Å². The summed E-state index contributed by atoms with van der Waals surface area (Å²) in [6.45, 7) is 7.68. The normalized spacial score (nSPS) is 22.0. The number of fused-ring (bicyclic) bond motifs is 3. The molecule has 5 heteroatoms. The molecule has 2 aliphatic rings. The average molecular weight is 343 g/mol. The third kappa shape index (κ3) is 2.64. The van der Waals surface area contributed by atoms with Gasteiger partial charge in [-0.25, -0.2) is 0 Å². The smallest absolute Gasteiger partial charge is 0.219 e. The molecule has 0 aliphatic carbocycles. The number of amides is 1. The maximum atomic E-state index is 11.9. The van der Waals surface area contributed by atoms with Crippen LogP contribution in [0.4, 0.5) is 0 Å². The zero-order valence-electron chi connectivity index (χ0n) is 14.7. The van der Waals surface area contributed by atoms with E-state index in [1.54, 1.807) is 6.92 Å². The van der Waals surface area contributed by atoms with Gasteiger partial charge in [0.2, 0.25) is 5.91 Å². The number of aryl methyl sites for hydroxylation is 1. The highest BCUT2D eigenvalue weighted by molar-refractivity contribution is 7.99. The Morgan fingerprint density at radius 1 is 1.29 bits per heavy atom. The Morgan fingerprint density at radius 2 is 2.12 bits per heavy atom. The zero-order valence-corrected chi connectivity index (χ0v) is 15.5. The highest BCUT2D eigenvalue weighted by Crippen LogP contribution is 2.38. The number of likely N-dealkylation sites (N-methyl/N-ethyl adjacent to an activating group) is 1. The molecule has 1 atom stereocenters. The van der Waals surface area contributed by atoms with Gasteiger partial charge in [0, 0.05) is 55.3 Å². The van der Waals surface area contributed by atoms with Crippen LogP contribution in [0.1, 0.15) is 29.1 Å². The topological polar surface area (TPSA) is 28.5 Å². The van der Waals surface area contributed by atoms with Gasteiger partial charge in [-0.05, 0) is 31.7 Å². The van der Waals surface area contributed by atoms with Crippen molar-refractivity contribution in [3.05, 3.63) is 35.0 Å². The molecule has 1 fully saturated rings. The lowest BCUT2D eigenvalue weighted by atomic mass is 10.0. The van der Waals surface area contributed by atoms with Crippen molar-refractivity contribution < 1.29 is 4.79 Å². The number of benzene rings is 1. The number of thioether (sulfide) groups is 1. The molecule has 2 aromatic rings. The maximum absolute atomic E-state index is 11.9. The summed E-state index contributed by atoms with van der Waals surface area (Å²) in [5, 5.41) is 1.73. The predicted molar refractivity (Wildman–Crippen MR) is 100 cm³/mol. The van der Waals surface area contributed by atoms with Crippen LogP contribution in [0.25, 0.3) is 10.9 Å². The van der Waals surface area contributed by atoms with E-state index in [4.69, 9.17) is 0 Å². The molecule has 1 amide bonds.